The van der Waals surface area contributed by atoms with Crippen LogP contribution >= 0.6 is 0 Å². The van der Waals surface area contributed by atoms with E-state index in [0.29, 0.717) is 19.1 Å². The van der Waals surface area contributed by atoms with Crippen molar-refractivity contribution in [3.05, 3.63) is 23.8 Å². The van der Waals surface area contributed by atoms with E-state index >= 15 is 0 Å². The Hall–Kier alpha value is -1.26. The average Bonchev–Trinajstić information content (AvgIpc) is 2.43. The van der Waals surface area contributed by atoms with E-state index in [9.17, 15) is 5.11 Å². The lowest BCUT2D eigenvalue weighted by atomic mass is 10.0. The molecule has 1 aromatic rings. The molecule has 0 amide bonds. The average molecular weight is 265 g/mol. The Morgan fingerprint density at radius 1 is 1.21 bits per heavy atom. The molecule has 106 valence electrons. The summed E-state index contributed by atoms with van der Waals surface area (Å²) >= 11 is 0. The van der Waals surface area contributed by atoms with Crippen LogP contribution in [0.4, 0.5) is 0 Å². The predicted molar refractivity (Wildman–Crippen MR) is 74.9 cm³/mol. The van der Waals surface area contributed by atoms with Crippen molar-refractivity contribution in [3.63, 3.8) is 0 Å². The highest BCUT2D eigenvalue weighted by Gasteiger charge is 2.13. The Balaban J connectivity index is 1.86. The largest absolute Gasteiger partial charge is 0.486 e. The molecule has 19 heavy (non-hydrogen) atoms. The number of rotatable bonds is 6. The molecule has 4 nitrogen and oxygen atoms in total. The van der Waals surface area contributed by atoms with E-state index in [1.54, 1.807) is 0 Å². The summed E-state index contributed by atoms with van der Waals surface area (Å²) in [7, 11) is 0. The number of ether oxygens (including phenoxy) is 2. The van der Waals surface area contributed by atoms with E-state index in [0.717, 1.165) is 24.5 Å². The molecule has 0 bridgehead atoms. The van der Waals surface area contributed by atoms with Gasteiger partial charge < -0.3 is 19.9 Å². The second-order valence-corrected chi connectivity index (χ2v) is 5.22. The first-order chi connectivity index (χ1) is 9.20. The van der Waals surface area contributed by atoms with Crippen LogP contribution in [0.1, 0.15) is 19.4 Å². The third-order valence-corrected chi connectivity index (χ3v) is 3.43. The first-order valence-electron chi connectivity index (χ1n) is 6.93. The van der Waals surface area contributed by atoms with Gasteiger partial charge in [-0.15, -0.1) is 0 Å². The van der Waals surface area contributed by atoms with E-state index in [2.05, 4.69) is 25.2 Å². The number of nitrogens with one attached hydrogen (secondary N) is 1. The quantitative estimate of drug-likeness (QED) is 0.820. The first-order valence-corrected chi connectivity index (χ1v) is 6.93. The van der Waals surface area contributed by atoms with Gasteiger partial charge in [0, 0.05) is 6.04 Å². The van der Waals surface area contributed by atoms with Crippen LogP contribution in [0.2, 0.25) is 0 Å². The summed E-state index contributed by atoms with van der Waals surface area (Å²) in [6.07, 6.45) is 0.917. The van der Waals surface area contributed by atoms with Gasteiger partial charge in [-0.25, -0.2) is 0 Å². The minimum atomic E-state index is 0.164. The lowest BCUT2D eigenvalue weighted by molar-refractivity contribution is 0.171. The van der Waals surface area contributed by atoms with Crippen LogP contribution in [-0.4, -0.2) is 37.5 Å². The molecule has 0 saturated heterocycles. The van der Waals surface area contributed by atoms with Crippen LogP contribution < -0.4 is 14.8 Å². The molecule has 2 rings (SSSR count). The van der Waals surface area contributed by atoms with Crippen molar-refractivity contribution in [3.8, 4) is 11.5 Å². The molecular weight excluding hydrogens is 242 g/mol. The lowest BCUT2D eigenvalue weighted by Gasteiger charge is -2.21. The molecule has 0 fully saturated rings. The molecule has 0 saturated carbocycles. The van der Waals surface area contributed by atoms with Gasteiger partial charge in [0.2, 0.25) is 0 Å². The second-order valence-electron chi connectivity index (χ2n) is 5.22. The van der Waals surface area contributed by atoms with Gasteiger partial charge in [-0.05, 0) is 36.6 Å². The minimum absolute atomic E-state index is 0.164. The number of hydrogen-bond acceptors (Lipinski definition) is 4. The van der Waals surface area contributed by atoms with E-state index in [-0.39, 0.29) is 12.6 Å². The summed E-state index contributed by atoms with van der Waals surface area (Å²) in [6.45, 7) is 6.49. The van der Waals surface area contributed by atoms with Crippen molar-refractivity contribution in [2.24, 2.45) is 5.92 Å². The van der Waals surface area contributed by atoms with Crippen molar-refractivity contribution in [2.45, 2.75) is 26.3 Å². The highest BCUT2D eigenvalue weighted by molar-refractivity contribution is 5.43. The number of aliphatic hydroxyl groups excluding tert-OH is 1. The molecule has 0 radical (unpaired) electrons. The maximum absolute atomic E-state index is 9.25. The summed E-state index contributed by atoms with van der Waals surface area (Å²) < 4.78 is 11.1. The molecular formula is C15H23NO3. The molecule has 0 spiro atoms. The van der Waals surface area contributed by atoms with Crippen LogP contribution in [-0.2, 0) is 6.42 Å². The van der Waals surface area contributed by atoms with Crippen molar-refractivity contribution in [1.82, 2.24) is 5.32 Å². The summed E-state index contributed by atoms with van der Waals surface area (Å²) in [4.78, 5) is 0. The zero-order valence-electron chi connectivity index (χ0n) is 11.7. The van der Waals surface area contributed by atoms with E-state index in [1.807, 2.05) is 12.1 Å². The topological polar surface area (TPSA) is 50.7 Å². The Labute approximate surface area is 114 Å². The molecule has 1 unspecified atom stereocenters. The van der Waals surface area contributed by atoms with Crippen LogP contribution in [0.5, 0.6) is 11.5 Å². The zero-order valence-corrected chi connectivity index (χ0v) is 11.7. The van der Waals surface area contributed by atoms with Gasteiger partial charge in [0.1, 0.15) is 13.2 Å². The predicted octanol–water partition coefficient (Wildman–Crippen LogP) is 1.61. The highest BCUT2D eigenvalue weighted by Crippen LogP contribution is 2.30. The number of benzene rings is 1. The number of aliphatic hydroxyl groups is 1. The van der Waals surface area contributed by atoms with Gasteiger partial charge in [0.05, 0.1) is 6.61 Å². The smallest absolute Gasteiger partial charge is 0.161 e. The van der Waals surface area contributed by atoms with Crippen molar-refractivity contribution in [1.29, 1.82) is 0 Å². The Bertz CT molecular complexity index is 406. The third-order valence-electron chi connectivity index (χ3n) is 3.43. The van der Waals surface area contributed by atoms with Crippen LogP contribution in [0.15, 0.2) is 18.2 Å². The third kappa shape index (κ3) is 3.85. The molecule has 0 aromatic heterocycles. The van der Waals surface area contributed by atoms with Gasteiger partial charge in [0.15, 0.2) is 11.5 Å². The first kappa shape index (κ1) is 14.2. The maximum atomic E-state index is 9.25. The summed E-state index contributed by atoms with van der Waals surface area (Å²) in [5.41, 5.74) is 1.22. The molecule has 1 heterocycles. The fraction of sp³-hybridized carbons (Fsp3) is 0.600. The Morgan fingerprint density at radius 2 is 1.95 bits per heavy atom. The zero-order chi connectivity index (χ0) is 13.7. The van der Waals surface area contributed by atoms with Crippen LogP contribution in [0.3, 0.4) is 0 Å². The maximum Gasteiger partial charge on any atom is 0.161 e. The SMILES string of the molecule is CC(C)C(CO)NCCc1ccc2c(c1)OCCO2. The van der Waals surface area contributed by atoms with Crippen LogP contribution in [0.25, 0.3) is 0 Å². The van der Waals surface area contributed by atoms with Crippen molar-refractivity contribution < 1.29 is 14.6 Å². The molecule has 4 heteroatoms. The van der Waals surface area contributed by atoms with Gasteiger partial charge in [-0.3, -0.25) is 0 Å². The summed E-state index contributed by atoms with van der Waals surface area (Å²) in [5, 5.41) is 12.6. The monoisotopic (exact) mass is 265 g/mol. The standard InChI is InChI=1S/C15H23NO3/c1-11(2)13(10-17)16-6-5-12-3-4-14-15(9-12)19-8-7-18-14/h3-4,9,11,13,16-17H,5-8,10H2,1-2H3. The van der Waals surface area contributed by atoms with E-state index in [1.165, 1.54) is 5.56 Å². The fourth-order valence-corrected chi connectivity index (χ4v) is 2.16. The van der Waals surface area contributed by atoms with E-state index < -0.39 is 0 Å². The van der Waals surface area contributed by atoms with Crippen LogP contribution in [0, 0.1) is 5.92 Å². The van der Waals surface area contributed by atoms with Gasteiger partial charge in [-0.2, -0.15) is 0 Å². The van der Waals surface area contributed by atoms with Crippen molar-refractivity contribution >= 4 is 0 Å². The Morgan fingerprint density at radius 3 is 2.63 bits per heavy atom. The highest BCUT2D eigenvalue weighted by atomic mass is 16.6. The van der Waals surface area contributed by atoms with E-state index in [4.69, 9.17) is 9.47 Å². The fourth-order valence-electron chi connectivity index (χ4n) is 2.16. The number of fused-ring (bicyclic) bond motifs is 1. The lowest BCUT2D eigenvalue weighted by Crippen LogP contribution is -2.38. The normalized spacial score (nSPS) is 15.6. The molecule has 1 aliphatic rings. The van der Waals surface area contributed by atoms with Gasteiger partial charge >= 0.3 is 0 Å². The molecule has 1 atom stereocenters. The molecule has 2 N–H and O–H groups in total. The number of hydrogen-bond donors (Lipinski definition) is 2. The molecule has 1 aromatic carbocycles. The van der Waals surface area contributed by atoms with Gasteiger partial charge in [-0.1, -0.05) is 19.9 Å². The molecule has 0 aliphatic carbocycles. The second kappa shape index (κ2) is 6.78. The minimum Gasteiger partial charge on any atom is -0.486 e. The van der Waals surface area contributed by atoms with Gasteiger partial charge in [0.25, 0.3) is 0 Å². The van der Waals surface area contributed by atoms with Crippen molar-refractivity contribution in [2.75, 3.05) is 26.4 Å². The molecule has 1 aliphatic heterocycles. The summed E-state index contributed by atoms with van der Waals surface area (Å²) in [6, 6.07) is 6.24. The summed E-state index contributed by atoms with van der Waals surface area (Å²) in [5.74, 6) is 2.11. The Kier molecular flexibility index (Phi) is 5.05.